The Morgan fingerprint density at radius 3 is 2.43 bits per heavy atom. The first-order valence-corrected chi connectivity index (χ1v) is 10.9. The molecule has 8 heteroatoms. The van der Waals surface area contributed by atoms with E-state index in [9.17, 15) is 13.2 Å². The van der Waals surface area contributed by atoms with Gasteiger partial charge in [0.25, 0.3) is 10.0 Å². The lowest BCUT2D eigenvalue weighted by Gasteiger charge is -2.26. The predicted molar refractivity (Wildman–Crippen MR) is 119 cm³/mol. The first kappa shape index (κ1) is 21.7. The summed E-state index contributed by atoms with van der Waals surface area (Å²) >= 11 is 6.22. The summed E-state index contributed by atoms with van der Waals surface area (Å²) in [4.78, 5) is 12.9. The largest absolute Gasteiger partial charge is 0.497 e. The molecule has 30 heavy (non-hydrogen) atoms. The fourth-order valence-electron chi connectivity index (χ4n) is 2.92. The molecule has 0 aliphatic heterocycles. The van der Waals surface area contributed by atoms with Crippen LogP contribution in [0.4, 0.5) is 11.4 Å². The van der Waals surface area contributed by atoms with Gasteiger partial charge >= 0.3 is 0 Å². The number of hydrogen-bond donors (Lipinski definition) is 1. The van der Waals surface area contributed by atoms with E-state index in [1.54, 1.807) is 67.6 Å². The summed E-state index contributed by atoms with van der Waals surface area (Å²) in [6, 6.07) is 19.7. The van der Waals surface area contributed by atoms with Crippen LogP contribution in [0.2, 0.25) is 5.02 Å². The third kappa shape index (κ3) is 4.75. The number of rotatable bonds is 7. The number of amides is 1. The van der Waals surface area contributed by atoms with Gasteiger partial charge in [0.1, 0.15) is 12.3 Å². The van der Waals surface area contributed by atoms with Crippen LogP contribution in [0.5, 0.6) is 5.75 Å². The van der Waals surface area contributed by atoms with Gasteiger partial charge in [0.05, 0.1) is 17.7 Å². The molecule has 0 saturated carbocycles. The molecule has 0 atom stereocenters. The number of anilines is 2. The summed E-state index contributed by atoms with van der Waals surface area (Å²) in [5.74, 6) is 0.0781. The molecular formula is C22H21ClN2O4S. The van der Waals surface area contributed by atoms with Gasteiger partial charge in [-0.3, -0.25) is 9.10 Å². The van der Waals surface area contributed by atoms with Crippen LogP contribution in [0.25, 0.3) is 0 Å². The lowest BCUT2D eigenvalue weighted by molar-refractivity contribution is -0.114. The molecule has 0 spiro atoms. The van der Waals surface area contributed by atoms with Gasteiger partial charge in [-0.05, 0) is 48.9 Å². The zero-order valence-electron chi connectivity index (χ0n) is 16.5. The minimum Gasteiger partial charge on any atom is -0.497 e. The minimum atomic E-state index is -4.00. The average Bonchev–Trinajstić information content (AvgIpc) is 2.75. The number of hydrogen-bond acceptors (Lipinski definition) is 4. The molecule has 0 heterocycles. The first-order chi connectivity index (χ1) is 14.3. The maximum Gasteiger partial charge on any atom is 0.264 e. The zero-order valence-corrected chi connectivity index (χ0v) is 18.1. The van der Waals surface area contributed by atoms with E-state index < -0.39 is 22.5 Å². The van der Waals surface area contributed by atoms with Gasteiger partial charge in [0, 0.05) is 16.8 Å². The second-order valence-corrected chi connectivity index (χ2v) is 8.76. The van der Waals surface area contributed by atoms with Crippen molar-refractivity contribution in [3.63, 3.8) is 0 Å². The Morgan fingerprint density at radius 1 is 1.03 bits per heavy atom. The highest BCUT2D eigenvalue weighted by atomic mass is 35.5. The number of nitrogens with zero attached hydrogens (tertiary/aromatic N) is 1. The van der Waals surface area contributed by atoms with E-state index >= 15 is 0 Å². The van der Waals surface area contributed by atoms with Gasteiger partial charge < -0.3 is 10.1 Å². The Labute approximate surface area is 181 Å². The van der Waals surface area contributed by atoms with E-state index in [0.717, 1.165) is 4.31 Å². The van der Waals surface area contributed by atoms with Crippen molar-refractivity contribution < 1.29 is 17.9 Å². The number of benzene rings is 3. The number of nitrogens with one attached hydrogen (secondary N) is 1. The third-order valence-electron chi connectivity index (χ3n) is 4.48. The van der Waals surface area contributed by atoms with E-state index in [-0.39, 0.29) is 4.90 Å². The molecule has 0 aromatic heterocycles. The first-order valence-electron chi connectivity index (χ1n) is 9.09. The summed E-state index contributed by atoms with van der Waals surface area (Å²) in [5, 5.41) is 3.13. The number of methoxy groups -OCH3 is 1. The topological polar surface area (TPSA) is 75.7 Å². The molecule has 0 bridgehead atoms. The molecule has 1 N–H and O–H groups in total. The van der Waals surface area contributed by atoms with Crippen LogP contribution in [-0.2, 0) is 14.8 Å². The van der Waals surface area contributed by atoms with Gasteiger partial charge in [-0.2, -0.15) is 0 Å². The fraction of sp³-hybridized carbons (Fsp3) is 0.136. The van der Waals surface area contributed by atoms with E-state index in [4.69, 9.17) is 16.3 Å². The second kappa shape index (κ2) is 9.19. The average molecular weight is 445 g/mol. The molecule has 0 unspecified atom stereocenters. The molecule has 0 aliphatic carbocycles. The fourth-order valence-corrected chi connectivity index (χ4v) is 4.59. The maximum atomic E-state index is 13.4. The lowest BCUT2D eigenvalue weighted by atomic mass is 10.2. The van der Waals surface area contributed by atoms with Gasteiger partial charge in [0.2, 0.25) is 5.91 Å². The second-order valence-electron chi connectivity index (χ2n) is 6.49. The normalized spacial score (nSPS) is 11.0. The van der Waals surface area contributed by atoms with Crippen LogP contribution in [0.15, 0.2) is 77.7 Å². The predicted octanol–water partition coefficient (Wildman–Crippen LogP) is 4.49. The lowest BCUT2D eigenvalue weighted by Crippen LogP contribution is -2.38. The van der Waals surface area contributed by atoms with Gasteiger partial charge in [0.15, 0.2) is 0 Å². The van der Waals surface area contributed by atoms with E-state index in [2.05, 4.69) is 5.32 Å². The van der Waals surface area contributed by atoms with Crippen LogP contribution >= 0.6 is 11.6 Å². The molecule has 156 valence electrons. The molecule has 3 aromatic carbocycles. The maximum absolute atomic E-state index is 13.4. The van der Waals surface area contributed by atoms with Crippen LogP contribution < -0.4 is 14.4 Å². The van der Waals surface area contributed by atoms with Crippen molar-refractivity contribution in [3.05, 3.63) is 83.4 Å². The molecule has 6 nitrogen and oxygen atoms in total. The van der Waals surface area contributed by atoms with Crippen molar-refractivity contribution in [2.24, 2.45) is 0 Å². The molecule has 3 rings (SSSR count). The number of ether oxygens (including phenoxy) is 1. The molecule has 3 aromatic rings. The van der Waals surface area contributed by atoms with Crippen molar-refractivity contribution in [1.29, 1.82) is 0 Å². The number of carbonyl (C=O) groups excluding carboxylic acids is 1. The highest BCUT2D eigenvalue weighted by Gasteiger charge is 2.28. The number of sulfonamides is 1. The van der Waals surface area contributed by atoms with Crippen molar-refractivity contribution in [3.8, 4) is 5.75 Å². The van der Waals surface area contributed by atoms with Crippen LogP contribution in [0.3, 0.4) is 0 Å². The van der Waals surface area contributed by atoms with Crippen molar-refractivity contribution >= 4 is 38.9 Å². The van der Waals surface area contributed by atoms with Crippen LogP contribution in [0, 0.1) is 6.92 Å². The van der Waals surface area contributed by atoms with Crippen molar-refractivity contribution in [2.75, 3.05) is 23.3 Å². The monoisotopic (exact) mass is 444 g/mol. The van der Waals surface area contributed by atoms with E-state index in [1.807, 2.05) is 0 Å². The zero-order chi connectivity index (χ0) is 21.7. The Morgan fingerprint density at radius 2 is 1.73 bits per heavy atom. The minimum absolute atomic E-state index is 0.0820. The Kier molecular flexibility index (Phi) is 6.64. The smallest absolute Gasteiger partial charge is 0.264 e. The SMILES string of the molecule is COc1cccc(NC(=O)CN(c2cccc(Cl)c2C)S(=O)(=O)c2ccccc2)c1. The van der Waals surface area contributed by atoms with Gasteiger partial charge in [-0.25, -0.2) is 8.42 Å². The Balaban J connectivity index is 1.97. The summed E-state index contributed by atoms with van der Waals surface area (Å²) in [6.45, 7) is 1.29. The summed E-state index contributed by atoms with van der Waals surface area (Å²) in [5.41, 5.74) is 1.40. The Bertz CT molecular complexity index is 1150. The number of halogens is 1. The van der Waals surface area contributed by atoms with Crippen molar-refractivity contribution in [2.45, 2.75) is 11.8 Å². The highest BCUT2D eigenvalue weighted by Crippen LogP contribution is 2.31. The Hall–Kier alpha value is -3.03. The summed E-state index contributed by atoms with van der Waals surface area (Å²) in [6.07, 6.45) is 0. The molecule has 0 saturated heterocycles. The third-order valence-corrected chi connectivity index (χ3v) is 6.66. The summed E-state index contributed by atoms with van der Waals surface area (Å²) < 4.78 is 33.0. The van der Waals surface area contributed by atoms with Crippen LogP contribution in [-0.4, -0.2) is 28.0 Å². The van der Waals surface area contributed by atoms with E-state index in [0.29, 0.717) is 27.7 Å². The molecule has 0 radical (unpaired) electrons. The molecule has 1 amide bonds. The highest BCUT2D eigenvalue weighted by molar-refractivity contribution is 7.92. The van der Waals surface area contributed by atoms with Crippen LogP contribution in [0.1, 0.15) is 5.56 Å². The number of carbonyl (C=O) groups is 1. The van der Waals surface area contributed by atoms with Gasteiger partial charge in [-0.15, -0.1) is 0 Å². The summed E-state index contributed by atoms with van der Waals surface area (Å²) in [7, 11) is -2.48. The van der Waals surface area contributed by atoms with Crippen molar-refractivity contribution in [1.82, 2.24) is 0 Å². The standard InChI is InChI=1S/C22H21ClN2O4S/c1-16-20(23)12-7-13-21(16)25(30(27,28)19-10-4-3-5-11-19)15-22(26)24-17-8-6-9-18(14-17)29-2/h3-14H,15H2,1-2H3,(H,24,26). The van der Waals surface area contributed by atoms with E-state index in [1.165, 1.54) is 19.2 Å². The molecule has 0 fully saturated rings. The molecule has 0 aliphatic rings. The van der Waals surface area contributed by atoms with Gasteiger partial charge in [-0.1, -0.05) is 41.9 Å². The quantitative estimate of drug-likeness (QED) is 0.582. The molecular weight excluding hydrogens is 424 g/mol.